The van der Waals surface area contributed by atoms with Crippen molar-refractivity contribution in [2.75, 3.05) is 6.61 Å². The second-order valence-corrected chi connectivity index (χ2v) is 9.13. The summed E-state index contributed by atoms with van der Waals surface area (Å²) in [7, 11) is 0. The number of rotatable bonds is 8. The van der Waals surface area contributed by atoms with Crippen LogP contribution >= 0.6 is 38.5 Å². The fraction of sp³-hybridized carbons (Fsp3) is 0.120. The Morgan fingerprint density at radius 3 is 2.67 bits per heavy atom. The standard InChI is InChI=1S/C25H20BrIN2O4/c1-2-31-20-8-10-22-18(12-20)13-24(33-22)25(30)29-28-14-17-5-9-23(21(27)11-17)32-15-16-3-6-19(26)7-4-16/h3-14H,2,15H2,1H3,(H,29,30)/b28-14+. The summed E-state index contributed by atoms with van der Waals surface area (Å²) in [5.74, 6) is 1.27. The van der Waals surface area contributed by atoms with E-state index in [1.54, 1.807) is 18.3 Å². The number of ether oxygens (including phenoxy) is 2. The van der Waals surface area contributed by atoms with Crippen molar-refractivity contribution >= 4 is 61.6 Å². The zero-order valence-corrected chi connectivity index (χ0v) is 21.4. The minimum atomic E-state index is -0.426. The first-order valence-corrected chi connectivity index (χ1v) is 12.1. The van der Waals surface area contributed by atoms with Gasteiger partial charge in [0.05, 0.1) is 16.4 Å². The van der Waals surface area contributed by atoms with E-state index in [4.69, 9.17) is 13.9 Å². The fourth-order valence-corrected chi connectivity index (χ4v) is 4.03. The van der Waals surface area contributed by atoms with Crippen molar-refractivity contribution in [3.63, 3.8) is 0 Å². The Bertz CT molecular complexity index is 1300. The fourth-order valence-electron chi connectivity index (χ4n) is 3.07. The Labute approximate surface area is 213 Å². The number of hydrogen-bond acceptors (Lipinski definition) is 5. The molecule has 1 N–H and O–H groups in total. The number of hydrogen-bond donors (Lipinski definition) is 1. The minimum absolute atomic E-state index is 0.182. The summed E-state index contributed by atoms with van der Waals surface area (Å²) in [6, 6.07) is 20.8. The summed E-state index contributed by atoms with van der Waals surface area (Å²) in [5, 5.41) is 4.84. The van der Waals surface area contributed by atoms with Crippen LogP contribution in [0, 0.1) is 3.57 Å². The summed E-state index contributed by atoms with van der Waals surface area (Å²) in [6.45, 7) is 2.97. The summed E-state index contributed by atoms with van der Waals surface area (Å²) in [4.78, 5) is 12.4. The van der Waals surface area contributed by atoms with Gasteiger partial charge < -0.3 is 13.9 Å². The summed E-state index contributed by atoms with van der Waals surface area (Å²) in [5.41, 5.74) is 5.03. The lowest BCUT2D eigenvalue weighted by Gasteiger charge is -2.09. The lowest BCUT2D eigenvalue weighted by atomic mass is 10.2. The van der Waals surface area contributed by atoms with Crippen molar-refractivity contribution in [3.05, 3.63) is 91.7 Å². The molecule has 0 fully saturated rings. The molecule has 0 radical (unpaired) electrons. The monoisotopic (exact) mass is 618 g/mol. The number of nitrogens with zero attached hydrogens (tertiary/aromatic N) is 1. The van der Waals surface area contributed by atoms with Gasteiger partial charge in [0.25, 0.3) is 0 Å². The number of amides is 1. The van der Waals surface area contributed by atoms with Gasteiger partial charge in [-0.2, -0.15) is 5.10 Å². The largest absolute Gasteiger partial charge is 0.494 e. The molecule has 0 atom stereocenters. The molecule has 4 aromatic rings. The Hall–Kier alpha value is -2.85. The third kappa shape index (κ3) is 6.14. The molecule has 0 saturated carbocycles. The van der Waals surface area contributed by atoms with Crippen LogP contribution in [-0.4, -0.2) is 18.7 Å². The van der Waals surface area contributed by atoms with E-state index in [1.807, 2.05) is 61.5 Å². The number of hydrazone groups is 1. The van der Waals surface area contributed by atoms with E-state index in [1.165, 1.54) is 0 Å². The summed E-state index contributed by atoms with van der Waals surface area (Å²) < 4.78 is 19.0. The van der Waals surface area contributed by atoms with Gasteiger partial charge in [-0.15, -0.1) is 0 Å². The molecule has 8 heteroatoms. The van der Waals surface area contributed by atoms with Crippen LogP contribution in [0.15, 0.2) is 80.7 Å². The summed E-state index contributed by atoms with van der Waals surface area (Å²) in [6.07, 6.45) is 1.58. The van der Waals surface area contributed by atoms with Gasteiger partial charge in [-0.3, -0.25) is 4.79 Å². The van der Waals surface area contributed by atoms with Gasteiger partial charge in [-0.25, -0.2) is 5.43 Å². The normalized spacial score (nSPS) is 11.1. The van der Waals surface area contributed by atoms with Gasteiger partial charge in [-0.05, 0) is 95.2 Å². The Morgan fingerprint density at radius 1 is 1.09 bits per heavy atom. The maximum absolute atomic E-state index is 12.4. The van der Waals surface area contributed by atoms with Crippen LogP contribution < -0.4 is 14.9 Å². The third-order valence-electron chi connectivity index (χ3n) is 4.67. The molecule has 0 bridgehead atoms. The zero-order chi connectivity index (χ0) is 23.2. The molecule has 1 amide bonds. The smallest absolute Gasteiger partial charge is 0.307 e. The first kappa shape index (κ1) is 23.3. The van der Waals surface area contributed by atoms with E-state index in [2.05, 4.69) is 49.0 Å². The number of fused-ring (bicyclic) bond motifs is 1. The van der Waals surface area contributed by atoms with Crippen LogP contribution in [0.4, 0.5) is 0 Å². The van der Waals surface area contributed by atoms with Crippen LogP contribution in [0.5, 0.6) is 11.5 Å². The number of furan rings is 1. The van der Waals surface area contributed by atoms with E-state index in [9.17, 15) is 4.79 Å². The highest BCUT2D eigenvalue weighted by Gasteiger charge is 2.12. The molecule has 0 saturated heterocycles. The van der Waals surface area contributed by atoms with Gasteiger partial charge in [0.2, 0.25) is 0 Å². The number of benzene rings is 3. The number of carbonyl (C=O) groups is 1. The molecular weight excluding hydrogens is 599 g/mol. The second kappa shape index (κ2) is 10.8. The number of halogens is 2. The maximum atomic E-state index is 12.4. The first-order chi connectivity index (χ1) is 16.0. The molecule has 6 nitrogen and oxygen atoms in total. The highest BCUT2D eigenvalue weighted by molar-refractivity contribution is 14.1. The molecule has 3 aromatic carbocycles. The second-order valence-electron chi connectivity index (χ2n) is 7.05. The lowest BCUT2D eigenvalue weighted by Crippen LogP contribution is -2.16. The SMILES string of the molecule is CCOc1ccc2oc(C(=O)N/N=C/c3ccc(OCc4ccc(Br)cc4)c(I)c3)cc2c1. The minimum Gasteiger partial charge on any atom is -0.494 e. The van der Waals surface area contributed by atoms with Gasteiger partial charge in [0, 0.05) is 9.86 Å². The van der Waals surface area contributed by atoms with Crippen molar-refractivity contribution in [1.82, 2.24) is 5.43 Å². The van der Waals surface area contributed by atoms with E-state index in [0.29, 0.717) is 18.8 Å². The van der Waals surface area contributed by atoms with Crippen molar-refractivity contribution < 1.29 is 18.7 Å². The quantitative estimate of drug-likeness (QED) is 0.138. The van der Waals surface area contributed by atoms with E-state index < -0.39 is 5.91 Å². The molecule has 168 valence electrons. The van der Waals surface area contributed by atoms with Crippen LogP contribution in [0.25, 0.3) is 11.0 Å². The average molecular weight is 619 g/mol. The number of nitrogens with one attached hydrogen (secondary N) is 1. The maximum Gasteiger partial charge on any atom is 0.307 e. The van der Waals surface area contributed by atoms with Crippen LogP contribution in [-0.2, 0) is 6.61 Å². The van der Waals surface area contributed by atoms with Gasteiger partial charge in [0.1, 0.15) is 23.7 Å². The Balaban J connectivity index is 1.35. The zero-order valence-electron chi connectivity index (χ0n) is 17.7. The molecule has 0 aliphatic heterocycles. The molecule has 0 aliphatic carbocycles. The Morgan fingerprint density at radius 2 is 1.91 bits per heavy atom. The molecule has 0 spiro atoms. The lowest BCUT2D eigenvalue weighted by molar-refractivity contribution is 0.0929. The number of carbonyl (C=O) groups excluding carboxylic acids is 1. The molecule has 0 unspecified atom stereocenters. The molecule has 33 heavy (non-hydrogen) atoms. The van der Waals surface area contributed by atoms with Crippen LogP contribution in [0.2, 0.25) is 0 Å². The van der Waals surface area contributed by atoms with E-state index in [-0.39, 0.29) is 5.76 Å². The third-order valence-corrected chi connectivity index (χ3v) is 6.04. The predicted molar refractivity (Wildman–Crippen MR) is 140 cm³/mol. The van der Waals surface area contributed by atoms with Gasteiger partial charge in [-0.1, -0.05) is 28.1 Å². The molecule has 0 aliphatic rings. The molecular formula is C25H20BrIN2O4. The summed E-state index contributed by atoms with van der Waals surface area (Å²) >= 11 is 5.65. The highest BCUT2D eigenvalue weighted by atomic mass is 127. The Kier molecular flexibility index (Phi) is 7.66. The van der Waals surface area contributed by atoms with Gasteiger partial charge >= 0.3 is 5.91 Å². The van der Waals surface area contributed by atoms with Crippen molar-refractivity contribution in [3.8, 4) is 11.5 Å². The van der Waals surface area contributed by atoms with Gasteiger partial charge in [0.15, 0.2) is 5.76 Å². The van der Waals surface area contributed by atoms with Crippen LogP contribution in [0.3, 0.4) is 0 Å². The van der Waals surface area contributed by atoms with Crippen molar-refractivity contribution in [2.24, 2.45) is 5.10 Å². The molecule has 1 heterocycles. The molecule has 4 rings (SSSR count). The topological polar surface area (TPSA) is 73.1 Å². The van der Waals surface area contributed by atoms with Crippen LogP contribution in [0.1, 0.15) is 28.6 Å². The average Bonchev–Trinajstić information content (AvgIpc) is 3.23. The van der Waals surface area contributed by atoms with E-state index in [0.717, 1.165) is 36.1 Å². The molecule has 1 aromatic heterocycles. The predicted octanol–water partition coefficient (Wildman–Crippen LogP) is 6.54. The van der Waals surface area contributed by atoms with E-state index >= 15 is 0 Å². The van der Waals surface area contributed by atoms with Crippen molar-refractivity contribution in [2.45, 2.75) is 13.5 Å². The first-order valence-electron chi connectivity index (χ1n) is 10.2. The van der Waals surface area contributed by atoms with Crippen molar-refractivity contribution in [1.29, 1.82) is 0 Å². The highest BCUT2D eigenvalue weighted by Crippen LogP contribution is 2.25.